The summed E-state index contributed by atoms with van der Waals surface area (Å²) in [7, 11) is 0. The lowest BCUT2D eigenvalue weighted by atomic mass is 10.3. The van der Waals surface area contributed by atoms with Crippen molar-refractivity contribution in [3.05, 3.63) is 28.6 Å². The van der Waals surface area contributed by atoms with Crippen molar-refractivity contribution in [1.82, 2.24) is 0 Å². The van der Waals surface area contributed by atoms with Crippen molar-refractivity contribution in [3.63, 3.8) is 0 Å². The van der Waals surface area contributed by atoms with Crippen molar-refractivity contribution in [2.45, 2.75) is 11.3 Å². The second kappa shape index (κ2) is 6.27. The van der Waals surface area contributed by atoms with E-state index in [1.165, 1.54) is 0 Å². The normalized spacial score (nSPS) is 12.9. The molecule has 0 unspecified atom stereocenters. The SMILES string of the molecule is [N-]=[N+]=NCCCSc1ccc2c(c1)OCCO2. The number of azide groups is 1. The average molecular weight is 251 g/mol. The molecular weight excluding hydrogens is 238 g/mol. The zero-order valence-electron chi connectivity index (χ0n) is 9.33. The van der Waals surface area contributed by atoms with E-state index < -0.39 is 0 Å². The molecule has 0 spiro atoms. The van der Waals surface area contributed by atoms with Crippen LogP contribution in [0.3, 0.4) is 0 Å². The molecule has 0 atom stereocenters. The summed E-state index contributed by atoms with van der Waals surface area (Å²) in [6.07, 6.45) is 0.878. The third kappa shape index (κ3) is 3.47. The predicted octanol–water partition coefficient (Wildman–Crippen LogP) is 3.25. The Morgan fingerprint density at radius 3 is 2.94 bits per heavy atom. The molecule has 1 heterocycles. The molecule has 0 saturated heterocycles. The van der Waals surface area contributed by atoms with E-state index in [2.05, 4.69) is 10.0 Å². The van der Waals surface area contributed by atoms with E-state index in [4.69, 9.17) is 15.0 Å². The van der Waals surface area contributed by atoms with Gasteiger partial charge in [0.25, 0.3) is 0 Å². The maximum atomic E-state index is 8.14. The van der Waals surface area contributed by atoms with Gasteiger partial charge in [-0.25, -0.2) is 0 Å². The largest absolute Gasteiger partial charge is 0.486 e. The van der Waals surface area contributed by atoms with Gasteiger partial charge in [-0.05, 0) is 35.9 Å². The lowest BCUT2D eigenvalue weighted by molar-refractivity contribution is 0.171. The van der Waals surface area contributed by atoms with Crippen LogP contribution in [0.5, 0.6) is 11.5 Å². The summed E-state index contributed by atoms with van der Waals surface area (Å²) in [5.74, 6) is 2.56. The second-order valence-corrected chi connectivity index (χ2v) is 4.63. The molecule has 6 heteroatoms. The maximum absolute atomic E-state index is 8.14. The number of fused-ring (bicyclic) bond motifs is 1. The summed E-state index contributed by atoms with van der Waals surface area (Å²) in [6, 6.07) is 5.95. The van der Waals surface area contributed by atoms with Gasteiger partial charge in [0.2, 0.25) is 0 Å². The van der Waals surface area contributed by atoms with Crippen LogP contribution in [-0.2, 0) is 0 Å². The number of thioether (sulfide) groups is 1. The average Bonchev–Trinajstić information content (AvgIpc) is 2.38. The molecule has 2 rings (SSSR count). The highest BCUT2D eigenvalue weighted by atomic mass is 32.2. The second-order valence-electron chi connectivity index (χ2n) is 3.46. The highest BCUT2D eigenvalue weighted by molar-refractivity contribution is 7.99. The zero-order chi connectivity index (χ0) is 11.9. The molecule has 0 bridgehead atoms. The van der Waals surface area contributed by atoms with Crippen molar-refractivity contribution in [3.8, 4) is 11.5 Å². The molecule has 0 amide bonds. The van der Waals surface area contributed by atoms with Crippen molar-refractivity contribution in [2.75, 3.05) is 25.5 Å². The molecule has 0 aliphatic carbocycles. The van der Waals surface area contributed by atoms with Crippen LogP contribution in [-0.4, -0.2) is 25.5 Å². The number of ether oxygens (including phenoxy) is 2. The molecular formula is C11H13N3O2S. The third-order valence-corrected chi connectivity index (χ3v) is 3.33. The van der Waals surface area contributed by atoms with Crippen LogP contribution in [0.25, 0.3) is 10.4 Å². The van der Waals surface area contributed by atoms with Crippen molar-refractivity contribution < 1.29 is 9.47 Å². The van der Waals surface area contributed by atoms with Crippen LogP contribution in [0.1, 0.15) is 6.42 Å². The molecule has 1 aromatic carbocycles. The minimum absolute atomic E-state index is 0.550. The summed E-state index contributed by atoms with van der Waals surface area (Å²) >= 11 is 1.72. The molecule has 0 N–H and O–H groups in total. The van der Waals surface area contributed by atoms with E-state index in [-0.39, 0.29) is 0 Å². The summed E-state index contributed by atoms with van der Waals surface area (Å²) in [4.78, 5) is 3.87. The van der Waals surface area contributed by atoms with Gasteiger partial charge in [0.1, 0.15) is 13.2 Å². The lowest BCUT2D eigenvalue weighted by Crippen LogP contribution is -2.15. The first kappa shape index (κ1) is 12.0. The van der Waals surface area contributed by atoms with E-state index in [0.29, 0.717) is 19.8 Å². The molecule has 0 fully saturated rings. The van der Waals surface area contributed by atoms with Crippen LogP contribution in [0.4, 0.5) is 0 Å². The first-order chi connectivity index (χ1) is 8.40. The molecule has 0 radical (unpaired) electrons. The molecule has 5 nitrogen and oxygen atoms in total. The van der Waals surface area contributed by atoms with Gasteiger partial charge in [-0.15, -0.1) is 11.8 Å². The highest BCUT2D eigenvalue weighted by Gasteiger charge is 2.11. The standard InChI is InChI=1S/C11H13N3O2S/c12-14-13-4-1-7-17-9-2-3-10-11(8-9)16-6-5-15-10/h2-3,8H,1,4-7H2. The van der Waals surface area contributed by atoms with Crippen LogP contribution in [0, 0.1) is 0 Å². The summed E-state index contributed by atoms with van der Waals surface area (Å²) in [5.41, 5.74) is 8.14. The van der Waals surface area contributed by atoms with E-state index in [1.807, 2.05) is 18.2 Å². The zero-order valence-corrected chi connectivity index (χ0v) is 10.2. The number of nitrogens with zero attached hydrogens (tertiary/aromatic N) is 3. The van der Waals surface area contributed by atoms with E-state index in [0.717, 1.165) is 28.6 Å². The molecule has 17 heavy (non-hydrogen) atoms. The Bertz CT molecular complexity index is 433. The first-order valence-electron chi connectivity index (χ1n) is 5.43. The fraction of sp³-hybridized carbons (Fsp3) is 0.455. The first-order valence-corrected chi connectivity index (χ1v) is 6.42. The number of rotatable bonds is 5. The van der Waals surface area contributed by atoms with Crippen LogP contribution in [0.15, 0.2) is 28.2 Å². The smallest absolute Gasteiger partial charge is 0.162 e. The Balaban J connectivity index is 1.86. The molecule has 90 valence electrons. The van der Waals surface area contributed by atoms with Gasteiger partial charge in [-0.2, -0.15) is 0 Å². The summed E-state index contributed by atoms with van der Waals surface area (Å²) in [6.45, 7) is 1.78. The molecule has 1 aliphatic rings. The maximum Gasteiger partial charge on any atom is 0.162 e. The number of hydrogen-bond acceptors (Lipinski definition) is 4. The molecule has 1 aliphatic heterocycles. The lowest BCUT2D eigenvalue weighted by Gasteiger charge is -2.18. The fourth-order valence-electron chi connectivity index (χ4n) is 1.48. The van der Waals surface area contributed by atoms with E-state index in [1.54, 1.807) is 11.8 Å². The van der Waals surface area contributed by atoms with Gasteiger partial charge in [-0.1, -0.05) is 5.11 Å². The van der Waals surface area contributed by atoms with Gasteiger partial charge in [0.15, 0.2) is 11.5 Å². The minimum Gasteiger partial charge on any atom is -0.486 e. The Kier molecular flexibility index (Phi) is 4.41. The quantitative estimate of drug-likeness (QED) is 0.265. The third-order valence-electron chi connectivity index (χ3n) is 2.25. The van der Waals surface area contributed by atoms with Gasteiger partial charge in [0, 0.05) is 16.4 Å². The van der Waals surface area contributed by atoms with Crippen LogP contribution >= 0.6 is 11.8 Å². The molecule has 0 saturated carbocycles. The Hall–Kier alpha value is -1.52. The topological polar surface area (TPSA) is 67.2 Å². The highest BCUT2D eigenvalue weighted by Crippen LogP contribution is 2.34. The van der Waals surface area contributed by atoms with E-state index in [9.17, 15) is 0 Å². The predicted molar refractivity (Wildman–Crippen MR) is 66.8 cm³/mol. The number of hydrogen-bond donors (Lipinski definition) is 0. The number of benzene rings is 1. The van der Waals surface area contributed by atoms with Crippen molar-refractivity contribution in [1.29, 1.82) is 0 Å². The van der Waals surface area contributed by atoms with Crippen molar-refractivity contribution in [2.24, 2.45) is 5.11 Å². The Labute approximate surface area is 104 Å². The minimum atomic E-state index is 0.550. The van der Waals surface area contributed by atoms with Gasteiger partial charge < -0.3 is 9.47 Å². The Morgan fingerprint density at radius 2 is 2.12 bits per heavy atom. The molecule has 1 aromatic rings. The monoisotopic (exact) mass is 251 g/mol. The fourth-order valence-corrected chi connectivity index (χ4v) is 2.35. The summed E-state index contributed by atoms with van der Waals surface area (Å²) in [5, 5.41) is 3.50. The van der Waals surface area contributed by atoms with Gasteiger partial charge >= 0.3 is 0 Å². The van der Waals surface area contributed by atoms with Crippen LogP contribution < -0.4 is 9.47 Å². The Morgan fingerprint density at radius 1 is 1.29 bits per heavy atom. The molecule has 0 aromatic heterocycles. The summed E-state index contributed by atoms with van der Waals surface area (Å²) < 4.78 is 11.0. The van der Waals surface area contributed by atoms with Crippen LogP contribution in [0.2, 0.25) is 0 Å². The van der Waals surface area contributed by atoms with Gasteiger partial charge in [0.05, 0.1) is 0 Å². The van der Waals surface area contributed by atoms with Gasteiger partial charge in [-0.3, -0.25) is 0 Å². The van der Waals surface area contributed by atoms with E-state index >= 15 is 0 Å². The van der Waals surface area contributed by atoms with Crippen molar-refractivity contribution >= 4 is 11.8 Å².